The summed E-state index contributed by atoms with van der Waals surface area (Å²) in [6.07, 6.45) is 0. The summed E-state index contributed by atoms with van der Waals surface area (Å²) in [6, 6.07) is 59.3. The van der Waals surface area contributed by atoms with Crippen molar-refractivity contribution in [2.24, 2.45) is 0 Å². The highest BCUT2D eigenvalue weighted by Gasteiger charge is 2.21. The van der Waals surface area contributed by atoms with Crippen LogP contribution in [0.1, 0.15) is 0 Å². The molecular weight excluding hydrogens is 625 g/mol. The van der Waals surface area contributed by atoms with E-state index in [1.165, 1.54) is 0 Å². The summed E-state index contributed by atoms with van der Waals surface area (Å²) < 4.78 is 15.7. The summed E-state index contributed by atoms with van der Waals surface area (Å²) in [5, 5.41) is 6.61. The summed E-state index contributed by atoms with van der Waals surface area (Å²) >= 11 is 0. The van der Waals surface area contributed by atoms with Gasteiger partial charge in [-0.3, -0.25) is 0 Å². The first-order chi connectivity index (χ1) is 25.3. The number of pyridine rings is 1. The van der Waals surface area contributed by atoms with Crippen LogP contribution < -0.4 is 0 Å². The van der Waals surface area contributed by atoms with Crippen LogP contribution in [0.3, 0.4) is 0 Å². The van der Waals surface area contributed by atoms with E-state index in [0.29, 0.717) is 0 Å². The molecule has 0 amide bonds. The molecule has 4 aromatic heterocycles. The molecule has 0 unspecified atom stereocenters. The van der Waals surface area contributed by atoms with Crippen molar-refractivity contribution in [1.29, 1.82) is 0 Å². The number of hydrogen-bond acceptors (Lipinski definition) is 3. The molecule has 11 aromatic rings. The summed E-state index contributed by atoms with van der Waals surface area (Å²) in [5.74, 6) is 0. The minimum Gasteiger partial charge on any atom is -0.456 e. The third-order valence-electron chi connectivity index (χ3n) is 10.2. The minimum absolute atomic E-state index is 0.831. The predicted molar refractivity (Wildman–Crippen MR) is 209 cm³/mol. The maximum absolute atomic E-state index is 7.04. The number of nitrogens with zero attached hydrogens (tertiary/aromatic N) is 2. The van der Waals surface area contributed by atoms with Crippen molar-refractivity contribution >= 4 is 65.7 Å². The molecule has 0 saturated heterocycles. The topological polar surface area (TPSA) is 44.1 Å². The molecule has 11 rings (SSSR count). The first-order valence-electron chi connectivity index (χ1n) is 17.2. The third kappa shape index (κ3) is 4.23. The SMILES string of the molecule is c1ccc(-c2cc(-c3ccccc3)nc(-c3cccc4c3oc3c4ccc4c3c3ccccc3n4-c3ccc4c(c3)oc3ccccc34)c2)cc1. The lowest BCUT2D eigenvalue weighted by Gasteiger charge is -2.10. The fraction of sp³-hybridized carbons (Fsp3) is 0. The summed E-state index contributed by atoms with van der Waals surface area (Å²) in [4.78, 5) is 5.24. The van der Waals surface area contributed by atoms with Gasteiger partial charge in [-0.2, -0.15) is 0 Å². The van der Waals surface area contributed by atoms with E-state index in [-0.39, 0.29) is 0 Å². The van der Waals surface area contributed by atoms with E-state index in [2.05, 4.69) is 150 Å². The van der Waals surface area contributed by atoms with E-state index >= 15 is 0 Å². The zero-order chi connectivity index (χ0) is 33.5. The molecule has 0 bridgehead atoms. The van der Waals surface area contributed by atoms with E-state index in [0.717, 1.165) is 105 Å². The molecule has 0 atom stereocenters. The second kappa shape index (κ2) is 10.8. The molecule has 4 heterocycles. The van der Waals surface area contributed by atoms with Crippen LogP contribution in [-0.4, -0.2) is 9.55 Å². The van der Waals surface area contributed by atoms with Gasteiger partial charge in [-0.1, -0.05) is 109 Å². The second-order valence-corrected chi connectivity index (χ2v) is 13.1. The Morgan fingerprint density at radius 2 is 1.06 bits per heavy atom. The van der Waals surface area contributed by atoms with Gasteiger partial charge < -0.3 is 13.4 Å². The molecule has 0 aliphatic heterocycles. The highest BCUT2D eigenvalue weighted by atomic mass is 16.3. The van der Waals surface area contributed by atoms with Crippen LogP contribution in [0.25, 0.3) is 105 Å². The van der Waals surface area contributed by atoms with E-state index in [1.54, 1.807) is 0 Å². The lowest BCUT2D eigenvalue weighted by atomic mass is 9.99. The summed E-state index contributed by atoms with van der Waals surface area (Å²) in [7, 11) is 0. The van der Waals surface area contributed by atoms with E-state index in [4.69, 9.17) is 13.8 Å². The van der Waals surface area contributed by atoms with Gasteiger partial charge in [0.2, 0.25) is 0 Å². The van der Waals surface area contributed by atoms with Gasteiger partial charge in [0.15, 0.2) is 0 Å². The normalized spacial score (nSPS) is 11.9. The van der Waals surface area contributed by atoms with Crippen molar-refractivity contribution in [2.45, 2.75) is 0 Å². The Labute approximate surface area is 292 Å². The predicted octanol–water partition coefficient (Wildman–Crippen LogP) is 13.0. The first kappa shape index (κ1) is 28.0. The molecular formula is C47H28N2O2. The fourth-order valence-corrected chi connectivity index (χ4v) is 7.86. The Hall–Kier alpha value is -6.91. The smallest absolute Gasteiger partial charge is 0.145 e. The molecule has 0 aliphatic rings. The Morgan fingerprint density at radius 3 is 1.92 bits per heavy atom. The highest BCUT2D eigenvalue weighted by molar-refractivity contribution is 6.24. The summed E-state index contributed by atoms with van der Waals surface area (Å²) in [5.41, 5.74) is 12.8. The van der Waals surface area contributed by atoms with Gasteiger partial charge in [-0.05, 0) is 65.7 Å². The molecule has 238 valence electrons. The zero-order valence-electron chi connectivity index (χ0n) is 27.4. The number of furan rings is 2. The van der Waals surface area contributed by atoms with Crippen molar-refractivity contribution in [3.05, 3.63) is 170 Å². The van der Waals surface area contributed by atoms with Crippen LogP contribution in [0, 0.1) is 0 Å². The molecule has 4 heteroatoms. The van der Waals surface area contributed by atoms with Gasteiger partial charge in [0.05, 0.1) is 27.8 Å². The standard InChI is InChI=1S/C47H28N2O2/c1-3-12-29(13-4-1)31-26-39(30-14-5-2-6-15-30)48-40(27-31)37-19-11-18-35-36-24-25-42-45(47(36)51-46(35)37)38-17-7-9-20-41(38)49(42)32-22-23-34-33-16-8-10-21-43(33)50-44(34)28-32/h1-28H. The van der Waals surface area contributed by atoms with Crippen molar-refractivity contribution in [2.75, 3.05) is 0 Å². The maximum atomic E-state index is 7.04. The number of rotatable bonds is 4. The third-order valence-corrected chi connectivity index (χ3v) is 10.2. The molecule has 7 aromatic carbocycles. The van der Waals surface area contributed by atoms with Crippen molar-refractivity contribution < 1.29 is 8.83 Å². The molecule has 51 heavy (non-hydrogen) atoms. The fourth-order valence-electron chi connectivity index (χ4n) is 7.86. The van der Waals surface area contributed by atoms with Gasteiger partial charge in [0.25, 0.3) is 0 Å². The lowest BCUT2D eigenvalue weighted by molar-refractivity contribution is 0.668. The Balaban J connectivity index is 1.16. The number of benzene rings is 7. The number of aromatic nitrogens is 2. The molecule has 0 radical (unpaired) electrons. The molecule has 0 N–H and O–H groups in total. The number of fused-ring (bicyclic) bond motifs is 10. The molecule has 0 fully saturated rings. The quantitative estimate of drug-likeness (QED) is 0.190. The Kier molecular flexibility index (Phi) is 5.92. The van der Waals surface area contributed by atoms with Gasteiger partial charge >= 0.3 is 0 Å². The lowest BCUT2D eigenvalue weighted by Crippen LogP contribution is -1.93. The van der Waals surface area contributed by atoms with Crippen molar-refractivity contribution in [3.8, 4) is 39.3 Å². The van der Waals surface area contributed by atoms with Crippen molar-refractivity contribution in [1.82, 2.24) is 9.55 Å². The molecule has 4 nitrogen and oxygen atoms in total. The largest absolute Gasteiger partial charge is 0.456 e. The van der Waals surface area contributed by atoms with Gasteiger partial charge in [0, 0.05) is 49.8 Å². The molecule has 0 saturated carbocycles. The minimum atomic E-state index is 0.831. The first-order valence-corrected chi connectivity index (χ1v) is 17.2. The van der Waals surface area contributed by atoms with E-state index < -0.39 is 0 Å². The van der Waals surface area contributed by atoms with Crippen LogP contribution in [-0.2, 0) is 0 Å². The van der Waals surface area contributed by atoms with Gasteiger partial charge in [-0.25, -0.2) is 4.98 Å². The summed E-state index contributed by atoms with van der Waals surface area (Å²) in [6.45, 7) is 0. The van der Waals surface area contributed by atoms with Crippen LogP contribution in [0.15, 0.2) is 179 Å². The number of hydrogen-bond donors (Lipinski definition) is 0. The van der Waals surface area contributed by atoms with Gasteiger partial charge in [0.1, 0.15) is 22.3 Å². The Bertz CT molecular complexity index is 3070. The molecule has 0 aliphatic carbocycles. The van der Waals surface area contributed by atoms with Crippen LogP contribution in [0.5, 0.6) is 0 Å². The van der Waals surface area contributed by atoms with Crippen LogP contribution in [0.2, 0.25) is 0 Å². The monoisotopic (exact) mass is 652 g/mol. The van der Waals surface area contributed by atoms with Gasteiger partial charge in [-0.15, -0.1) is 0 Å². The van der Waals surface area contributed by atoms with Crippen molar-refractivity contribution in [3.63, 3.8) is 0 Å². The Morgan fingerprint density at radius 1 is 0.392 bits per heavy atom. The average Bonchev–Trinajstić information content (AvgIpc) is 3.87. The maximum Gasteiger partial charge on any atom is 0.145 e. The van der Waals surface area contributed by atoms with Crippen LogP contribution >= 0.6 is 0 Å². The molecule has 0 spiro atoms. The average molecular weight is 653 g/mol. The zero-order valence-corrected chi connectivity index (χ0v) is 27.4. The van der Waals surface area contributed by atoms with Crippen LogP contribution in [0.4, 0.5) is 0 Å². The van der Waals surface area contributed by atoms with E-state index in [1.807, 2.05) is 24.3 Å². The highest BCUT2D eigenvalue weighted by Crippen LogP contribution is 2.44. The second-order valence-electron chi connectivity index (χ2n) is 13.1. The number of para-hydroxylation sites is 3. The van der Waals surface area contributed by atoms with E-state index in [9.17, 15) is 0 Å².